The summed E-state index contributed by atoms with van der Waals surface area (Å²) >= 11 is 0. The molecule has 0 radical (unpaired) electrons. The van der Waals surface area contributed by atoms with Gasteiger partial charge in [0.2, 0.25) is 0 Å². The third-order valence-electron chi connectivity index (χ3n) is 6.72. The van der Waals surface area contributed by atoms with E-state index in [4.69, 9.17) is 4.42 Å². The Morgan fingerprint density at radius 2 is 1.96 bits per heavy atom. The molecule has 6 heteroatoms. The number of carbonyl (C=O) groups excluding carboxylic acids is 1. The van der Waals surface area contributed by atoms with Gasteiger partial charge < -0.3 is 9.32 Å². The summed E-state index contributed by atoms with van der Waals surface area (Å²) in [5.41, 5.74) is 1.57. The van der Waals surface area contributed by atoms with E-state index in [0.717, 1.165) is 31.5 Å². The zero-order valence-electron chi connectivity index (χ0n) is 15.5. The molecule has 3 atom stereocenters. The van der Waals surface area contributed by atoms with Crippen LogP contribution in [0.3, 0.4) is 0 Å². The van der Waals surface area contributed by atoms with Crippen molar-refractivity contribution >= 4 is 5.91 Å². The number of piperidine rings is 3. The van der Waals surface area contributed by atoms with Crippen molar-refractivity contribution in [2.24, 2.45) is 5.92 Å². The zero-order chi connectivity index (χ0) is 18.5. The number of fused-ring (bicyclic) bond motifs is 2. The van der Waals surface area contributed by atoms with Crippen LogP contribution in [-0.4, -0.2) is 52.4 Å². The SMILES string of the molecule is CCc1ocnc1C(=O)N1C[C@@H](c2ccc(F)cc2)[C@@H]2[C@H]1C1CCN2CC1. The summed E-state index contributed by atoms with van der Waals surface area (Å²) in [5, 5.41) is 0. The Hall–Kier alpha value is -2.21. The van der Waals surface area contributed by atoms with E-state index in [-0.39, 0.29) is 23.7 Å². The van der Waals surface area contributed by atoms with Crippen molar-refractivity contribution in [3.8, 4) is 0 Å². The van der Waals surface area contributed by atoms with Gasteiger partial charge in [-0.05, 0) is 49.5 Å². The molecule has 2 bridgehead atoms. The number of rotatable bonds is 3. The minimum Gasteiger partial charge on any atom is -0.448 e. The van der Waals surface area contributed by atoms with Crippen molar-refractivity contribution in [1.82, 2.24) is 14.8 Å². The van der Waals surface area contributed by atoms with Crippen LogP contribution in [0.15, 0.2) is 35.1 Å². The highest BCUT2D eigenvalue weighted by Gasteiger charge is 2.55. The molecule has 0 saturated carbocycles. The molecule has 5 nitrogen and oxygen atoms in total. The highest BCUT2D eigenvalue weighted by Crippen LogP contribution is 2.47. The molecular weight excluding hydrogens is 345 g/mol. The fourth-order valence-corrected chi connectivity index (χ4v) is 5.49. The molecule has 0 unspecified atom stereocenters. The monoisotopic (exact) mass is 369 g/mol. The van der Waals surface area contributed by atoms with Gasteiger partial charge in [-0.3, -0.25) is 9.69 Å². The Bertz CT molecular complexity index is 841. The molecule has 5 heterocycles. The first-order chi connectivity index (χ1) is 13.2. The van der Waals surface area contributed by atoms with Crippen molar-refractivity contribution < 1.29 is 13.6 Å². The smallest absolute Gasteiger partial charge is 0.276 e. The third kappa shape index (κ3) is 2.61. The van der Waals surface area contributed by atoms with Gasteiger partial charge in [0, 0.05) is 24.9 Å². The summed E-state index contributed by atoms with van der Waals surface area (Å²) in [4.78, 5) is 22.2. The van der Waals surface area contributed by atoms with E-state index in [2.05, 4.69) is 9.88 Å². The van der Waals surface area contributed by atoms with Gasteiger partial charge in [0.05, 0.1) is 6.04 Å². The van der Waals surface area contributed by atoms with Gasteiger partial charge in [-0.15, -0.1) is 0 Å². The zero-order valence-corrected chi connectivity index (χ0v) is 15.5. The number of carbonyl (C=O) groups is 1. The van der Waals surface area contributed by atoms with Crippen LogP contribution in [0, 0.1) is 11.7 Å². The Morgan fingerprint density at radius 3 is 2.67 bits per heavy atom. The van der Waals surface area contributed by atoms with E-state index in [9.17, 15) is 9.18 Å². The maximum atomic E-state index is 13.4. The fourth-order valence-electron chi connectivity index (χ4n) is 5.49. The maximum Gasteiger partial charge on any atom is 0.276 e. The van der Waals surface area contributed by atoms with E-state index in [0.29, 0.717) is 36.4 Å². The van der Waals surface area contributed by atoms with Gasteiger partial charge in [-0.2, -0.15) is 0 Å². The van der Waals surface area contributed by atoms with E-state index >= 15 is 0 Å². The highest BCUT2D eigenvalue weighted by atomic mass is 19.1. The number of hydrogen-bond acceptors (Lipinski definition) is 4. The van der Waals surface area contributed by atoms with Crippen LogP contribution < -0.4 is 0 Å². The third-order valence-corrected chi connectivity index (χ3v) is 6.72. The fraction of sp³-hybridized carbons (Fsp3) is 0.524. The van der Waals surface area contributed by atoms with Gasteiger partial charge in [-0.1, -0.05) is 19.1 Å². The molecule has 4 fully saturated rings. The molecule has 4 saturated heterocycles. The van der Waals surface area contributed by atoms with Crippen LogP contribution in [0.25, 0.3) is 0 Å². The number of aromatic nitrogens is 1. The summed E-state index contributed by atoms with van der Waals surface area (Å²) in [6.45, 7) is 4.81. The van der Waals surface area contributed by atoms with E-state index in [1.54, 1.807) is 0 Å². The van der Waals surface area contributed by atoms with Gasteiger partial charge in [-0.25, -0.2) is 9.37 Å². The molecule has 6 rings (SSSR count). The second kappa shape index (κ2) is 6.44. The standard InChI is InChI=1S/C21H24FN3O2/c1-2-17-18(23-12-27-17)21(26)25-11-16(13-3-5-15(22)6-4-13)20-19(25)14-7-9-24(20)10-8-14/h3-6,12,14,16,19-20H,2,7-11H2,1H3/t16-,19+,20+/m0/s1. The molecule has 0 N–H and O–H groups in total. The topological polar surface area (TPSA) is 49.6 Å². The van der Waals surface area contributed by atoms with E-state index in [1.165, 1.54) is 18.5 Å². The Balaban J connectivity index is 1.52. The second-order valence-electron chi connectivity index (χ2n) is 7.95. The number of oxazole rings is 1. The predicted octanol–water partition coefficient (Wildman–Crippen LogP) is 3.08. The van der Waals surface area contributed by atoms with Crippen molar-refractivity contribution in [2.45, 2.75) is 44.2 Å². The number of nitrogens with zero attached hydrogens (tertiary/aromatic N) is 3. The molecule has 2 aromatic rings. The number of hydrogen-bond donors (Lipinski definition) is 0. The average Bonchev–Trinajstić information content (AvgIpc) is 3.35. The van der Waals surface area contributed by atoms with Crippen LogP contribution in [-0.2, 0) is 6.42 Å². The molecule has 0 spiro atoms. The van der Waals surface area contributed by atoms with Crippen LogP contribution >= 0.6 is 0 Å². The van der Waals surface area contributed by atoms with Gasteiger partial charge in [0.1, 0.15) is 11.6 Å². The number of amides is 1. The Labute approximate surface area is 158 Å². The maximum absolute atomic E-state index is 13.4. The Kier molecular flexibility index (Phi) is 4.04. The van der Waals surface area contributed by atoms with Crippen LogP contribution in [0.2, 0.25) is 0 Å². The molecule has 4 aliphatic heterocycles. The lowest BCUT2D eigenvalue weighted by molar-refractivity contribution is -0.00362. The van der Waals surface area contributed by atoms with Crippen molar-refractivity contribution in [2.75, 3.05) is 19.6 Å². The molecule has 1 aromatic heterocycles. The first-order valence-electron chi connectivity index (χ1n) is 9.90. The van der Waals surface area contributed by atoms with E-state index < -0.39 is 0 Å². The largest absolute Gasteiger partial charge is 0.448 e. The van der Waals surface area contributed by atoms with Crippen LogP contribution in [0.1, 0.15) is 47.5 Å². The number of likely N-dealkylation sites (tertiary alicyclic amines) is 1. The summed E-state index contributed by atoms with van der Waals surface area (Å²) in [5.74, 6) is 1.16. The number of halogens is 1. The van der Waals surface area contributed by atoms with Crippen LogP contribution in [0.5, 0.6) is 0 Å². The highest BCUT2D eigenvalue weighted by molar-refractivity contribution is 5.94. The van der Waals surface area contributed by atoms with Gasteiger partial charge >= 0.3 is 0 Å². The molecule has 142 valence electrons. The summed E-state index contributed by atoms with van der Waals surface area (Å²) in [6.07, 6.45) is 4.30. The molecule has 27 heavy (non-hydrogen) atoms. The van der Waals surface area contributed by atoms with Crippen molar-refractivity contribution in [3.63, 3.8) is 0 Å². The second-order valence-corrected chi connectivity index (χ2v) is 7.95. The molecule has 0 aliphatic carbocycles. The predicted molar refractivity (Wildman–Crippen MR) is 97.9 cm³/mol. The van der Waals surface area contributed by atoms with Crippen molar-refractivity contribution in [1.29, 1.82) is 0 Å². The molecule has 4 aliphatic rings. The summed E-state index contributed by atoms with van der Waals surface area (Å²) < 4.78 is 18.8. The van der Waals surface area contributed by atoms with Crippen molar-refractivity contribution in [3.05, 3.63) is 53.5 Å². The lowest BCUT2D eigenvalue weighted by Gasteiger charge is -2.51. The first-order valence-corrected chi connectivity index (χ1v) is 9.90. The number of benzene rings is 1. The van der Waals surface area contributed by atoms with E-state index in [1.807, 2.05) is 24.0 Å². The molecule has 1 amide bonds. The quantitative estimate of drug-likeness (QED) is 0.834. The Morgan fingerprint density at radius 1 is 1.22 bits per heavy atom. The lowest BCUT2D eigenvalue weighted by Crippen LogP contribution is -2.60. The molecular formula is C21H24FN3O2. The summed E-state index contributed by atoms with van der Waals surface area (Å²) in [6, 6.07) is 7.32. The average molecular weight is 369 g/mol. The minimum atomic E-state index is -0.220. The molecule has 1 aromatic carbocycles. The lowest BCUT2D eigenvalue weighted by atomic mass is 9.75. The van der Waals surface area contributed by atoms with Gasteiger partial charge in [0.25, 0.3) is 5.91 Å². The first kappa shape index (κ1) is 16.9. The summed E-state index contributed by atoms with van der Waals surface area (Å²) in [7, 11) is 0. The normalized spacial score (nSPS) is 31.9. The van der Waals surface area contributed by atoms with Crippen LogP contribution in [0.4, 0.5) is 4.39 Å². The minimum absolute atomic E-state index is 0.0195. The van der Waals surface area contributed by atoms with Gasteiger partial charge in [0.15, 0.2) is 12.1 Å². The number of aryl methyl sites for hydroxylation is 1.